The van der Waals surface area contributed by atoms with Crippen LogP contribution in [0, 0.1) is 46.3 Å². The van der Waals surface area contributed by atoms with Crippen LogP contribution < -0.4 is 0 Å². The molecule has 0 bridgehead atoms. The molecule has 0 aromatic carbocycles. The second-order valence-corrected chi connectivity index (χ2v) is 23.2. The summed E-state index contributed by atoms with van der Waals surface area (Å²) in [6.07, 6.45) is 44.2. The lowest BCUT2D eigenvalue weighted by Crippen LogP contribution is -2.51. The predicted octanol–water partition coefficient (Wildman–Crippen LogP) is 14.9. The number of allylic oxidation sites excluding steroid dienone is 3. The van der Waals surface area contributed by atoms with E-state index in [0.717, 1.165) is 81.0 Å². The molecule has 1 unspecified atom stereocenters. The molecule has 5 rings (SSSR count). The number of likely N-dealkylation sites (tertiary alicyclic amines) is 1. The monoisotopic (exact) mass is 924 g/mol. The van der Waals surface area contributed by atoms with Gasteiger partial charge in [0.15, 0.2) is 0 Å². The largest absolute Gasteiger partial charge is 0.462 e. The summed E-state index contributed by atoms with van der Waals surface area (Å²) in [6.45, 7) is 21.2. The first-order chi connectivity index (χ1) is 32.1. The third kappa shape index (κ3) is 18.5. The Hall–Kier alpha value is -1.25. The summed E-state index contributed by atoms with van der Waals surface area (Å²) >= 11 is 0. The number of hydrogen-bond donors (Lipinski definition) is 0. The fourth-order valence-electron chi connectivity index (χ4n) is 13.9. The van der Waals surface area contributed by atoms with Crippen LogP contribution in [0.1, 0.15) is 221 Å². The lowest BCUT2D eigenvalue weighted by Gasteiger charge is -2.58. The Balaban J connectivity index is 0.886. The first-order valence-corrected chi connectivity index (χ1v) is 28.7. The molecule has 9 atom stereocenters. The first-order valence-electron chi connectivity index (χ1n) is 28.7. The average molecular weight is 924 g/mol. The minimum absolute atomic E-state index is 0.0242. The van der Waals surface area contributed by atoms with E-state index in [1.54, 1.807) is 5.57 Å². The molecule has 0 amide bonds. The normalized spacial score (nSPS) is 28.8. The maximum Gasteiger partial charge on any atom is 0.332 e. The van der Waals surface area contributed by atoms with Crippen LogP contribution in [0.25, 0.3) is 0 Å². The van der Waals surface area contributed by atoms with Gasteiger partial charge in [-0.2, -0.15) is 0 Å². The van der Waals surface area contributed by atoms with Crippen molar-refractivity contribution >= 4 is 5.97 Å². The molecule has 0 radical (unpaired) electrons. The van der Waals surface area contributed by atoms with E-state index in [1.165, 1.54) is 161 Å². The summed E-state index contributed by atoms with van der Waals surface area (Å²) in [5.74, 6) is 4.80. The van der Waals surface area contributed by atoms with Crippen LogP contribution in [0.2, 0.25) is 0 Å². The molecule has 1 heterocycles. The fraction of sp³-hybridized carbons (Fsp3) is 0.915. The summed E-state index contributed by atoms with van der Waals surface area (Å²) in [4.78, 5) is 15.3. The highest BCUT2D eigenvalue weighted by Crippen LogP contribution is 2.67. The Labute approximate surface area is 407 Å². The Bertz CT molecular complexity index is 1360. The van der Waals surface area contributed by atoms with Crippen LogP contribution in [-0.2, 0) is 28.5 Å². The van der Waals surface area contributed by atoms with Crippen LogP contribution in [0.5, 0.6) is 0 Å². The molecule has 3 saturated carbocycles. The van der Waals surface area contributed by atoms with Crippen LogP contribution in [-0.4, -0.2) is 89.0 Å². The van der Waals surface area contributed by atoms with Gasteiger partial charge in [-0.1, -0.05) is 149 Å². The van der Waals surface area contributed by atoms with Gasteiger partial charge in [-0.15, -0.1) is 0 Å². The van der Waals surface area contributed by atoms with Crippen LogP contribution in [0.15, 0.2) is 23.8 Å². The van der Waals surface area contributed by atoms with Crippen molar-refractivity contribution in [3.05, 3.63) is 23.8 Å². The number of unbranched alkanes of at least 4 members (excludes halogenated alkanes) is 12. The molecule has 382 valence electrons. The molecule has 7 nitrogen and oxygen atoms in total. The summed E-state index contributed by atoms with van der Waals surface area (Å²) < 4.78 is 30.1. The van der Waals surface area contributed by atoms with E-state index in [-0.39, 0.29) is 36.8 Å². The predicted molar refractivity (Wildman–Crippen MR) is 275 cm³/mol. The van der Waals surface area contributed by atoms with Crippen molar-refractivity contribution in [2.24, 2.45) is 46.3 Å². The summed E-state index contributed by atoms with van der Waals surface area (Å²) in [5, 5.41) is 0. The third-order valence-electron chi connectivity index (χ3n) is 17.8. The molecule has 1 aliphatic heterocycles. The van der Waals surface area contributed by atoms with E-state index in [9.17, 15) is 4.79 Å². The molecule has 1 saturated heterocycles. The molecule has 4 aliphatic carbocycles. The van der Waals surface area contributed by atoms with E-state index in [2.05, 4.69) is 64.7 Å². The van der Waals surface area contributed by atoms with E-state index < -0.39 is 0 Å². The maximum absolute atomic E-state index is 12.7. The number of carbonyl (C=O) groups is 1. The quantitative estimate of drug-likeness (QED) is 0.0356. The number of hydrogen-bond acceptors (Lipinski definition) is 7. The second kappa shape index (κ2) is 31.2. The maximum atomic E-state index is 12.7. The SMILES string of the molecule is CCCCCCCC/C=C\CCCCCCCCOCC(CN1CCCCC1)OCCOCCOC(=O)CO[C@H]1CC[C@@]2(C)C(=CC[C@H]3[C@H]4CC[C@H]([C@H](C)CCCC(C)C)[C@@]4(C)CC[C@H]32)C1. The molecular formula is C59H105NO6. The van der Waals surface area contributed by atoms with Crippen molar-refractivity contribution in [3.63, 3.8) is 0 Å². The summed E-state index contributed by atoms with van der Waals surface area (Å²) in [7, 11) is 0. The summed E-state index contributed by atoms with van der Waals surface area (Å²) in [5.41, 5.74) is 2.42. The standard InChI is InChI=1S/C59H105NO6/c1-7-8-9-10-11-12-13-14-15-16-17-18-19-20-21-25-39-63-46-52(45-60-37-23-22-24-38-60)64-42-40-62-41-43-65-57(61)47-66-51-33-35-58(5)50(44-51)29-30-53-55-32-31-54(49(4)28-26-27-48(2)3)59(55,6)36-34-56(53)58/h14-15,29,48-49,51-56H,7-13,16-28,30-47H2,1-6H3/b15-14-/t49-,51+,52?,53+,54-,55-,56-,58+,59-/m1/s1. The number of carbonyl (C=O) groups excluding carboxylic acids is 1. The molecule has 66 heavy (non-hydrogen) atoms. The van der Waals surface area contributed by atoms with Crippen molar-refractivity contribution in [1.29, 1.82) is 0 Å². The van der Waals surface area contributed by atoms with Crippen molar-refractivity contribution in [3.8, 4) is 0 Å². The third-order valence-corrected chi connectivity index (χ3v) is 17.8. The zero-order valence-corrected chi connectivity index (χ0v) is 44.1. The number of rotatable bonds is 35. The molecule has 5 aliphatic rings. The molecule has 4 fully saturated rings. The number of ether oxygens (including phenoxy) is 5. The van der Waals surface area contributed by atoms with Crippen molar-refractivity contribution in [2.45, 2.75) is 234 Å². The van der Waals surface area contributed by atoms with Gasteiger partial charge in [0.1, 0.15) is 13.2 Å². The van der Waals surface area contributed by atoms with Gasteiger partial charge >= 0.3 is 5.97 Å². The number of nitrogens with zero attached hydrogens (tertiary/aromatic N) is 1. The Morgan fingerprint density at radius 1 is 0.742 bits per heavy atom. The first kappa shape index (κ1) is 55.7. The number of fused-ring (bicyclic) bond motifs is 5. The minimum atomic E-state index is -0.290. The topological polar surface area (TPSA) is 66.5 Å². The minimum Gasteiger partial charge on any atom is -0.462 e. The van der Waals surface area contributed by atoms with Crippen LogP contribution >= 0.6 is 0 Å². The zero-order valence-electron chi connectivity index (χ0n) is 44.1. The molecule has 7 heteroatoms. The van der Waals surface area contributed by atoms with Gasteiger partial charge < -0.3 is 28.6 Å². The number of esters is 1. The highest BCUT2D eigenvalue weighted by molar-refractivity contribution is 5.70. The van der Waals surface area contributed by atoms with Gasteiger partial charge in [-0.05, 0) is 156 Å². The Morgan fingerprint density at radius 3 is 2.20 bits per heavy atom. The van der Waals surface area contributed by atoms with Crippen molar-refractivity contribution < 1.29 is 28.5 Å². The molecule has 0 spiro atoms. The van der Waals surface area contributed by atoms with Crippen LogP contribution in [0.3, 0.4) is 0 Å². The van der Waals surface area contributed by atoms with Crippen molar-refractivity contribution in [1.82, 2.24) is 4.90 Å². The van der Waals surface area contributed by atoms with Gasteiger partial charge in [0.25, 0.3) is 0 Å². The Kier molecular flexibility index (Phi) is 26.3. The van der Waals surface area contributed by atoms with Crippen LogP contribution in [0.4, 0.5) is 0 Å². The second-order valence-electron chi connectivity index (χ2n) is 23.2. The lowest BCUT2D eigenvalue weighted by molar-refractivity contribution is -0.153. The highest BCUT2D eigenvalue weighted by Gasteiger charge is 2.59. The molecule has 0 aromatic heterocycles. The van der Waals surface area contributed by atoms with E-state index in [1.807, 2.05) is 0 Å². The zero-order chi connectivity index (χ0) is 46.9. The highest BCUT2D eigenvalue weighted by atomic mass is 16.6. The molecular weight excluding hydrogens is 819 g/mol. The Morgan fingerprint density at radius 2 is 1.45 bits per heavy atom. The van der Waals surface area contributed by atoms with Crippen molar-refractivity contribution in [2.75, 3.05) is 65.9 Å². The van der Waals surface area contributed by atoms with E-state index in [0.29, 0.717) is 31.8 Å². The van der Waals surface area contributed by atoms with Gasteiger partial charge in [0, 0.05) is 13.2 Å². The van der Waals surface area contributed by atoms with Gasteiger partial charge in [0.05, 0.1) is 38.6 Å². The van der Waals surface area contributed by atoms with Gasteiger partial charge in [0.2, 0.25) is 0 Å². The smallest absolute Gasteiger partial charge is 0.332 e. The van der Waals surface area contributed by atoms with E-state index in [4.69, 9.17) is 23.7 Å². The molecule has 0 aromatic rings. The number of piperidine rings is 1. The molecule has 0 N–H and O–H groups in total. The van der Waals surface area contributed by atoms with Gasteiger partial charge in [-0.25, -0.2) is 4.79 Å². The van der Waals surface area contributed by atoms with E-state index >= 15 is 0 Å². The summed E-state index contributed by atoms with van der Waals surface area (Å²) in [6, 6.07) is 0. The average Bonchev–Trinajstić information content (AvgIpc) is 3.67. The van der Waals surface area contributed by atoms with Gasteiger partial charge in [-0.3, -0.25) is 0 Å². The lowest BCUT2D eigenvalue weighted by atomic mass is 9.47. The fourth-order valence-corrected chi connectivity index (χ4v) is 13.9.